The first kappa shape index (κ1) is 29.9. The predicted octanol–water partition coefficient (Wildman–Crippen LogP) is 5.65. The number of carbonyl (C=O) groups excluding carboxylic acids is 2. The van der Waals surface area contributed by atoms with Crippen molar-refractivity contribution in [1.29, 1.82) is 0 Å². The topological polar surface area (TPSA) is 87.0 Å². The molecule has 3 heterocycles. The zero-order valence-corrected chi connectivity index (χ0v) is 25.4. The number of aromatic nitrogens is 1. The molecule has 0 bridgehead atoms. The molecule has 8 nitrogen and oxygen atoms in total. The number of morpholine rings is 1. The Hall–Kier alpha value is -4.18. The lowest BCUT2D eigenvalue weighted by molar-refractivity contribution is 0.0193. The normalized spacial score (nSPS) is 16.9. The maximum Gasteiger partial charge on any atom is 0.257 e. The SMILES string of the molecule is Cc1c(C(=O)Nc2ccc(O)cc2)cc(-c2cc(Cl)c(F)cc2C(=O)N2Cc3ccccc3C[C@H]2CN2CCOCC2)n1C. The number of amides is 2. The van der Waals surface area contributed by atoms with Gasteiger partial charge in [-0.3, -0.25) is 14.5 Å². The van der Waals surface area contributed by atoms with Crippen molar-refractivity contribution < 1.29 is 23.8 Å². The lowest BCUT2D eigenvalue weighted by atomic mass is 9.92. The maximum atomic E-state index is 15.1. The first-order valence-corrected chi connectivity index (χ1v) is 15.0. The monoisotopic (exact) mass is 616 g/mol. The number of benzene rings is 3. The number of phenolic OH excluding ortho intramolecular Hbond substituents is 1. The second-order valence-corrected chi connectivity index (χ2v) is 11.8. The van der Waals surface area contributed by atoms with Crippen molar-refractivity contribution in [2.24, 2.45) is 7.05 Å². The number of carbonyl (C=O) groups is 2. The fraction of sp³-hybridized carbons (Fsp3) is 0.294. The third kappa shape index (κ3) is 5.95. The van der Waals surface area contributed by atoms with Crippen LogP contribution in [0.15, 0.2) is 66.7 Å². The molecule has 2 amide bonds. The van der Waals surface area contributed by atoms with Crippen LogP contribution in [0.25, 0.3) is 11.3 Å². The fourth-order valence-electron chi connectivity index (χ4n) is 6.09. The van der Waals surface area contributed by atoms with Crippen molar-refractivity contribution in [3.63, 3.8) is 0 Å². The number of halogens is 2. The number of hydrogen-bond acceptors (Lipinski definition) is 5. The van der Waals surface area contributed by atoms with Gasteiger partial charge in [0.25, 0.3) is 11.8 Å². The van der Waals surface area contributed by atoms with Crippen LogP contribution in [0.1, 0.15) is 37.5 Å². The van der Waals surface area contributed by atoms with Gasteiger partial charge in [-0.1, -0.05) is 35.9 Å². The van der Waals surface area contributed by atoms with Gasteiger partial charge in [-0.2, -0.15) is 0 Å². The Labute approximate surface area is 260 Å². The van der Waals surface area contributed by atoms with E-state index in [0.29, 0.717) is 60.9 Å². The minimum atomic E-state index is -0.683. The van der Waals surface area contributed by atoms with Crippen LogP contribution in [-0.2, 0) is 24.8 Å². The smallest absolute Gasteiger partial charge is 0.257 e. The molecule has 1 atom stereocenters. The summed E-state index contributed by atoms with van der Waals surface area (Å²) in [6.45, 7) is 5.78. The standard InChI is InChI=1S/C34H34ClFN4O4/c1-21-27(33(42)37-24-7-9-26(41)10-8-24)18-32(38(21)2)28-16-30(35)31(36)17-29(28)34(43)40-19-23-6-4-3-5-22(23)15-25(40)20-39-11-13-44-14-12-39/h3-10,16-18,25,41H,11-15,19-20H2,1-2H3,(H,37,42)/t25-/m0/s1. The summed E-state index contributed by atoms with van der Waals surface area (Å²) in [5, 5.41) is 12.3. The number of fused-ring (bicyclic) bond motifs is 1. The first-order valence-electron chi connectivity index (χ1n) is 14.6. The minimum absolute atomic E-state index is 0.0935. The highest BCUT2D eigenvalue weighted by Crippen LogP contribution is 2.35. The van der Waals surface area contributed by atoms with Gasteiger partial charge in [-0.25, -0.2) is 4.39 Å². The van der Waals surface area contributed by atoms with Crippen LogP contribution in [0, 0.1) is 12.7 Å². The number of nitrogens with zero attached hydrogens (tertiary/aromatic N) is 3. The van der Waals surface area contributed by atoms with Gasteiger partial charge in [0.1, 0.15) is 11.6 Å². The lowest BCUT2D eigenvalue weighted by Crippen LogP contribution is -2.52. The molecule has 10 heteroatoms. The molecule has 228 valence electrons. The third-order valence-corrected chi connectivity index (χ3v) is 8.95. The zero-order chi connectivity index (χ0) is 31.0. The summed E-state index contributed by atoms with van der Waals surface area (Å²) in [4.78, 5) is 31.9. The Kier molecular flexibility index (Phi) is 8.44. The Morgan fingerprint density at radius 3 is 2.45 bits per heavy atom. The van der Waals surface area contributed by atoms with Gasteiger partial charge in [0.15, 0.2) is 0 Å². The van der Waals surface area contributed by atoms with Gasteiger partial charge < -0.3 is 24.6 Å². The molecule has 0 saturated carbocycles. The van der Waals surface area contributed by atoms with Gasteiger partial charge in [0.2, 0.25) is 0 Å². The Balaban J connectivity index is 1.37. The van der Waals surface area contributed by atoms with Gasteiger partial charge in [-0.05, 0) is 66.9 Å². The van der Waals surface area contributed by atoms with E-state index < -0.39 is 5.82 Å². The van der Waals surface area contributed by atoms with E-state index >= 15 is 4.39 Å². The van der Waals surface area contributed by atoms with Crippen LogP contribution in [0.3, 0.4) is 0 Å². The summed E-state index contributed by atoms with van der Waals surface area (Å²) in [5.41, 5.74) is 5.04. The van der Waals surface area contributed by atoms with E-state index in [1.54, 1.807) is 25.2 Å². The molecule has 2 aliphatic rings. The number of anilines is 1. The molecule has 1 saturated heterocycles. The van der Waals surface area contributed by atoms with Crippen molar-refractivity contribution >= 4 is 29.1 Å². The van der Waals surface area contributed by atoms with Crippen LogP contribution >= 0.6 is 11.6 Å². The van der Waals surface area contributed by atoms with Crippen molar-refractivity contribution in [2.45, 2.75) is 25.9 Å². The molecule has 44 heavy (non-hydrogen) atoms. The molecule has 3 aromatic carbocycles. The highest BCUT2D eigenvalue weighted by Gasteiger charge is 2.34. The zero-order valence-electron chi connectivity index (χ0n) is 24.6. The number of aromatic hydroxyl groups is 1. The number of hydrogen-bond donors (Lipinski definition) is 2. The van der Waals surface area contributed by atoms with E-state index in [9.17, 15) is 14.7 Å². The van der Waals surface area contributed by atoms with Crippen LogP contribution in [0.5, 0.6) is 5.75 Å². The number of nitrogens with one attached hydrogen (secondary N) is 1. The molecule has 0 unspecified atom stereocenters. The van der Waals surface area contributed by atoms with E-state index in [0.717, 1.165) is 18.7 Å². The predicted molar refractivity (Wildman–Crippen MR) is 168 cm³/mol. The van der Waals surface area contributed by atoms with E-state index in [2.05, 4.69) is 16.3 Å². The molecular formula is C34H34ClFN4O4. The molecule has 2 N–H and O–H groups in total. The van der Waals surface area contributed by atoms with E-state index in [-0.39, 0.29) is 34.2 Å². The van der Waals surface area contributed by atoms with E-state index in [1.807, 2.05) is 34.6 Å². The molecule has 1 fully saturated rings. The molecule has 0 aliphatic carbocycles. The van der Waals surface area contributed by atoms with Gasteiger partial charge in [-0.15, -0.1) is 0 Å². The molecule has 2 aliphatic heterocycles. The molecule has 1 aromatic heterocycles. The van der Waals surface area contributed by atoms with E-state index in [1.165, 1.54) is 29.8 Å². The second-order valence-electron chi connectivity index (χ2n) is 11.4. The number of ether oxygens (including phenoxy) is 1. The van der Waals surface area contributed by atoms with Crippen LogP contribution in [0.2, 0.25) is 5.02 Å². The summed E-state index contributed by atoms with van der Waals surface area (Å²) in [5.74, 6) is -1.24. The van der Waals surface area contributed by atoms with Gasteiger partial charge in [0, 0.05) is 61.9 Å². The lowest BCUT2D eigenvalue weighted by Gasteiger charge is -2.40. The van der Waals surface area contributed by atoms with Crippen LogP contribution in [-0.4, -0.2) is 70.2 Å². The van der Waals surface area contributed by atoms with Crippen LogP contribution < -0.4 is 5.32 Å². The van der Waals surface area contributed by atoms with Crippen molar-refractivity contribution in [2.75, 3.05) is 38.2 Å². The fourth-order valence-corrected chi connectivity index (χ4v) is 6.25. The van der Waals surface area contributed by atoms with Crippen LogP contribution in [0.4, 0.5) is 10.1 Å². The molecule has 6 rings (SSSR count). The average molecular weight is 617 g/mol. The third-order valence-electron chi connectivity index (χ3n) is 8.66. The minimum Gasteiger partial charge on any atom is -0.508 e. The highest BCUT2D eigenvalue weighted by atomic mass is 35.5. The Bertz CT molecular complexity index is 1720. The Morgan fingerprint density at radius 1 is 1.02 bits per heavy atom. The number of phenols is 1. The molecule has 4 aromatic rings. The summed E-state index contributed by atoms with van der Waals surface area (Å²) < 4.78 is 22.4. The molecule has 0 radical (unpaired) electrons. The quantitative estimate of drug-likeness (QED) is 0.274. The van der Waals surface area contributed by atoms with Crippen molar-refractivity contribution in [1.82, 2.24) is 14.4 Å². The van der Waals surface area contributed by atoms with Crippen molar-refractivity contribution in [3.8, 4) is 17.0 Å². The van der Waals surface area contributed by atoms with Gasteiger partial charge >= 0.3 is 0 Å². The molecule has 0 spiro atoms. The summed E-state index contributed by atoms with van der Waals surface area (Å²) in [6, 6.07) is 18.6. The maximum absolute atomic E-state index is 15.1. The Morgan fingerprint density at radius 2 is 1.73 bits per heavy atom. The largest absolute Gasteiger partial charge is 0.508 e. The van der Waals surface area contributed by atoms with Gasteiger partial charge in [0.05, 0.1) is 29.4 Å². The van der Waals surface area contributed by atoms with Crippen molar-refractivity contribution in [3.05, 3.63) is 106 Å². The summed E-state index contributed by atoms with van der Waals surface area (Å²) in [6.07, 6.45) is 0.690. The number of rotatable bonds is 6. The second kappa shape index (κ2) is 12.4. The average Bonchev–Trinajstić information content (AvgIpc) is 3.33. The molecular weight excluding hydrogens is 583 g/mol. The summed E-state index contributed by atoms with van der Waals surface area (Å²) in [7, 11) is 1.80. The summed E-state index contributed by atoms with van der Waals surface area (Å²) >= 11 is 6.30. The van der Waals surface area contributed by atoms with E-state index in [4.69, 9.17) is 16.3 Å². The first-order chi connectivity index (χ1) is 21.2. The highest BCUT2D eigenvalue weighted by molar-refractivity contribution is 6.31.